The molecule has 0 bridgehead atoms. The number of nitrogens with zero attached hydrogens (tertiary/aromatic N) is 2. The van der Waals surface area contributed by atoms with E-state index in [1.807, 2.05) is 0 Å². The van der Waals surface area contributed by atoms with Gasteiger partial charge in [-0.05, 0) is 28.1 Å². The summed E-state index contributed by atoms with van der Waals surface area (Å²) < 4.78 is 12.7. The first kappa shape index (κ1) is 15.5. The number of aryl methyl sites for hydroxylation is 1. The van der Waals surface area contributed by atoms with Crippen molar-refractivity contribution in [2.24, 2.45) is 12.8 Å². The number of benzene rings is 1. The molecule has 0 fully saturated rings. The van der Waals surface area contributed by atoms with E-state index in [2.05, 4.69) is 21.0 Å². The van der Waals surface area contributed by atoms with Crippen molar-refractivity contribution in [1.82, 2.24) is 9.78 Å². The number of ketones is 1. The van der Waals surface area contributed by atoms with E-state index >= 15 is 0 Å². The zero-order chi connectivity index (χ0) is 15.6. The van der Waals surface area contributed by atoms with Crippen LogP contribution in [0.2, 0.25) is 0 Å². The van der Waals surface area contributed by atoms with E-state index in [9.17, 15) is 4.79 Å². The van der Waals surface area contributed by atoms with Crippen LogP contribution in [0.15, 0.2) is 29.0 Å². The molecule has 0 amide bonds. The largest absolute Gasteiger partial charge is 0.495 e. The Morgan fingerprint density at radius 2 is 2.10 bits per heavy atom. The Hall–Kier alpha value is -1.86. The van der Waals surface area contributed by atoms with Gasteiger partial charge < -0.3 is 15.2 Å². The van der Waals surface area contributed by atoms with Crippen molar-refractivity contribution in [3.05, 3.63) is 40.1 Å². The monoisotopic (exact) mass is 353 g/mol. The zero-order valence-corrected chi connectivity index (χ0v) is 13.5. The van der Waals surface area contributed by atoms with E-state index in [0.29, 0.717) is 27.1 Å². The van der Waals surface area contributed by atoms with Gasteiger partial charge in [-0.2, -0.15) is 5.10 Å². The van der Waals surface area contributed by atoms with Crippen LogP contribution in [-0.2, 0) is 7.05 Å². The minimum atomic E-state index is -0.798. The van der Waals surface area contributed by atoms with Crippen LogP contribution in [0.5, 0.6) is 11.5 Å². The van der Waals surface area contributed by atoms with Gasteiger partial charge in [0.25, 0.3) is 0 Å². The number of halogens is 1. The number of hydrogen-bond acceptors (Lipinski definition) is 5. The molecule has 7 heteroatoms. The van der Waals surface area contributed by atoms with Gasteiger partial charge in [-0.15, -0.1) is 0 Å². The molecule has 2 rings (SSSR count). The molecule has 0 spiro atoms. The van der Waals surface area contributed by atoms with Gasteiger partial charge in [0.1, 0.15) is 16.0 Å². The molecule has 2 N–H and O–H groups in total. The molecule has 6 nitrogen and oxygen atoms in total. The lowest BCUT2D eigenvalue weighted by atomic mass is 9.99. The van der Waals surface area contributed by atoms with E-state index in [-0.39, 0.29) is 5.78 Å². The minimum absolute atomic E-state index is 0.247. The quantitative estimate of drug-likeness (QED) is 0.832. The summed E-state index contributed by atoms with van der Waals surface area (Å²) in [4.78, 5) is 12.6. The molecule has 1 aromatic heterocycles. The predicted octanol–water partition coefficient (Wildman–Crippen LogP) is 2.08. The van der Waals surface area contributed by atoms with Crippen molar-refractivity contribution in [3.63, 3.8) is 0 Å². The first-order valence-corrected chi connectivity index (χ1v) is 6.97. The van der Waals surface area contributed by atoms with E-state index < -0.39 is 6.04 Å². The van der Waals surface area contributed by atoms with Crippen LogP contribution < -0.4 is 15.2 Å². The molecule has 21 heavy (non-hydrogen) atoms. The highest BCUT2D eigenvalue weighted by Crippen LogP contribution is 2.38. The third kappa shape index (κ3) is 2.93. The molecule has 2 aromatic rings. The minimum Gasteiger partial charge on any atom is -0.495 e. The molecule has 112 valence electrons. The lowest BCUT2D eigenvalue weighted by Crippen LogP contribution is -2.22. The Bertz CT molecular complexity index is 669. The summed E-state index contributed by atoms with van der Waals surface area (Å²) in [5, 5.41) is 4.03. The average molecular weight is 354 g/mol. The molecule has 0 aliphatic heterocycles. The van der Waals surface area contributed by atoms with Gasteiger partial charge in [0, 0.05) is 18.8 Å². The molecule has 0 saturated carbocycles. The number of rotatable bonds is 5. The second-order valence-electron chi connectivity index (χ2n) is 4.45. The van der Waals surface area contributed by atoms with E-state index in [0.717, 1.165) is 0 Å². The topological polar surface area (TPSA) is 79.4 Å². The van der Waals surface area contributed by atoms with E-state index in [1.54, 1.807) is 43.4 Å². The fraction of sp³-hybridized carbons (Fsp3) is 0.286. The average Bonchev–Trinajstić information content (AvgIpc) is 2.91. The summed E-state index contributed by atoms with van der Waals surface area (Å²) >= 11 is 3.37. The van der Waals surface area contributed by atoms with Crippen molar-refractivity contribution in [2.75, 3.05) is 14.2 Å². The maximum atomic E-state index is 12.6. The van der Waals surface area contributed by atoms with E-state index in [1.165, 1.54) is 7.11 Å². The number of hydrogen-bond donors (Lipinski definition) is 1. The first-order valence-electron chi connectivity index (χ1n) is 6.18. The lowest BCUT2D eigenvalue weighted by Gasteiger charge is -2.15. The summed E-state index contributed by atoms with van der Waals surface area (Å²) in [5.41, 5.74) is 7.06. The number of carbonyl (C=O) groups excluding carboxylic acids is 1. The van der Waals surface area contributed by atoms with E-state index in [4.69, 9.17) is 15.2 Å². The number of methoxy groups -OCH3 is 2. The highest BCUT2D eigenvalue weighted by Gasteiger charge is 2.24. The first-order chi connectivity index (χ1) is 9.99. The molecule has 1 atom stereocenters. The number of Topliss-reactive ketones (excluding diaryl/α,β-unsaturated/α-hetero) is 1. The van der Waals surface area contributed by atoms with Gasteiger partial charge in [-0.1, -0.05) is 0 Å². The van der Waals surface area contributed by atoms with Crippen LogP contribution in [0, 0.1) is 0 Å². The fourth-order valence-electron chi connectivity index (χ4n) is 2.01. The van der Waals surface area contributed by atoms with Crippen LogP contribution in [0.25, 0.3) is 0 Å². The van der Waals surface area contributed by atoms with Crippen molar-refractivity contribution in [3.8, 4) is 11.5 Å². The molecule has 1 unspecified atom stereocenters. The summed E-state index contributed by atoms with van der Waals surface area (Å²) in [6, 6.07) is 2.53. The maximum Gasteiger partial charge on any atom is 0.187 e. The highest BCUT2D eigenvalue weighted by atomic mass is 79.9. The summed E-state index contributed by atoms with van der Waals surface area (Å²) in [6.45, 7) is 0. The number of carbonyl (C=O) groups is 1. The van der Waals surface area contributed by atoms with Crippen molar-refractivity contribution >= 4 is 21.7 Å². The van der Waals surface area contributed by atoms with Crippen molar-refractivity contribution in [2.45, 2.75) is 6.04 Å². The molecule has 0 aliphatic carbocycles. The van der Waals surface area contributed by atoms with Gasteiger partial charge in [-0.25, -0.2) is 0 Å². The second-order valence-corrected chi connectivity index (χ2v) is 5.24. The standard InChI is InChI=1S/C14H16BrN3O3/c1-18-7-8(6-17-18)12(16)13(19)9-4-5-10(20-2)11(15)14(9)21-3/h4-7,12H,16H2,1-3H3. The molecule has 0 aliphatic rings. The molecular weight excluding hydrogens is 338 g/mol. The molecule has 0 radical (unpaired) electrons. The number of aromatic nitrogens is 2. The third-order valence-corrected chi connectivity index (χ3v) is 3.87. The Balaban J connectivity index is 2.41. The normalized spacial score (nSPS) is 12.0. The SMILES string of the molecule is COc1ccc(C(=O)C(N)c2cnn(C)c2)c(OC)c1Br. The summed E-state index contributed by atoms with van der Waals surface area (Å²) in [5.74, 6) is 0.736. The Kier molecular flexibility index (Phi) is 4.64. The van der Waals surface area contributed by atoms with Gasteiger partial charge >= 0.3 is 0 Å². The summed E-state index contributed by atoms with van der Waals surface area (Å²) in [7, 11) is 4.81. The van der Waals surface area contributed by atoms with Crippen LogP contribution in [0.3, 0.4) is 0 Å². The third-order valence-electron chi connectivity index (χ3n) is 3.12. The zero-order valence-electron chi connectivity index (χ0n) is 12.0. The Morgan fingerprint density at radius 1 is 1.38 bits per heavy atom. The number of ether oxygens (including phenoxy) is 2. The van der Waals surface area contributed by atoms with Gasteiger partial charge in [0.05, 0.1) is 32.0 Å². The van der Waals surface area contributed by atoms with Crippen molar-refractivity contribution in [1.29, 1.82) is 0 Å². The number of nitrogens with two attached hydrogens (primary N) is 1. The van der Waals surface area contributed by atoms with Gasteiger partial charge in [0.15, 0.2) is 5.78 Å². The van der Waals surface area contributed by atoms with Gasteiger partial charge in [0.2, 0.25) is 0 Å². The molecular formula is C14H16BrN3O3. The fourth-order valence-corrected chi connectivity index (χ4v) is 2.68. The Morgan fingerprint density at radius 3 is 2.62 bits per heavy atom. The molecule has 0 saturated heterocycles. The summed E-state index contributed by atoms with van der Waals surface area (Å²) in [6.07, 6.45) is 3.29. The molecule has 1 aromatic carbocycles. The maximum absolute atomic E-state index is 12.6. The van der Waals surface area contributed by atoms with Crippen LogP contribution in [0.4, 0.5) is 0 Å². The van der Waals surface area contributed by atoms with Gasteiger partial charge in [-0.3, -0.25) is 9.48 Å². The lowest BCUT2D eigenvalue weighted by molar-refractivity contribution is 0.0958. The van der Waals surface area contributed by atoms with Crippen LogP contribution in [-0.4, -0.2) is 29.8 Å². The van der Waals surface area contributed by atoms with Crippen molar-refractivity contribution < 1.29 is 14.3 Å². The second kappa shape index (κ2) is 6.28. The smallest absolute Gasteiger partial charge is 0.187 e. The van der Waals surface area contributed by atoms with Crippen LogP contribution >= 0.6 is 15.9 Å². The predicted molar refractivity (Wildman–Crippen MR) is 81.7 cm³/mol. The molecule has 1 heterocycles. The highest BCUT2D eigenvalue weighted by molar-refractivity contribution is 9.10. The van der Waals surface area contributed by atoms with Crippen LogP contribution in [0.1, 0.15) is 22.0 Å². The Labute approximate surface area is 131 Å².